The predicted octanol–water partition coefficient (Wildman–Crippen LogP) is 2.40. The van der Waals surface area contributed by atoms with Gasteiger partial charge >= 0.3 is 0 Å². The Kier molecular flexibility index (Phi) is 2.84. The molecule has 0 fully saturated rings. The number of hydrogen-bond acceptors (Lipinski definition) is 7. The zero-order valence-electron chi connectivity index (χ0n) is 10.9. The van der Waals surface area contributed by atoms with Gasteiger partial charge in [-0.15, -0.1) is 0 Å². The van der Waals surface area contributed by atoms with Crippen molar-refractivity contribution in [1.29, 1.82) is 5.26 Å². The van der Waals surface area contributed by atoms with Crippen molar-refractivity contribution in [3.8, 4) is 17.7 Å². The number of furan rings is 1. The Bertz CT molecular complexity index is 791. The molecule has 0 amide bonds. The van der Waals surface area contributed by atoms with E-state index in [1.807, 2.05) is 19.1 Å². The van der Waals surface area contributed by atoms with E-state index in [-0.39, 0.29) is 6.42 Å². The summed E-state index contributed by atoms with van der Waals surface area (Å²) in [7, 11) is 0. The monoisotopic (exact) mass is 270 g/mol. The Morgan fingerprint density at radius 2 is 2.10 bits per heavy atom. The molecule has 0 aliphatic heterocycles. The molecule has 3 rings (SSSR count). The second-order valence-corrected chi connectivity index (χ2v) is 4.29. The zero-order chi connectivity index (χ0) is 14.1. The predicted molar refractivity (Wildman–Crippen MR) is 65.5 cm³/mol. The number of rotatable bonds is 3. The Morgan fingerprint density at radius 1 is 1.25 bits per heavy atom. The second-order valence-electron chi connectivity index (χ2n) is 4.29. The third kappa shape index (κ3) is 1.97. The van der Waals surface area contributed by atoms with Crippen LogP contribution in [0.1, 0.15) is 28.5 Å². The summed E-state index contributed by atoms with van der Waals surface area (Å²) in [4.78, 5) is 4.23. The third-order valence-electron chi connectivity index (χ3n) is 2.90. The van der Waals surface area contributed by atoms with E-state index in [9.17, 15) is 0 Å². The van der Waals surface area contributed by atoms with Gasteiger partial charge in [0, 0.05) is 0 Å². The number of aromatic nitrogens is 3. The third-order valence-corrected chi connectivity index (χ3v) is 2.90. The van der Waals surface area contributed by atoms with Gasteiger partial charge in [-0.05, 0) is 25.5 Å². The first-order chi connectivity index (χ1) is 9.69. The highest BCUT2D eigenvalue weighted by Gasteiger charge is 2.18. The zero-order valence-corrected chi connectivity index (χ0v) is 10.9. The van der Waals surface area contributed by atoms with E-state index in [4.69, 9.17) is 18.7 Å². The van der Waals surface area contributed by atoms with Crippen LogP contribution in [-0.2, 0) is 6.42 Å². The normalized spacial score (nSPS) is 10.7. The highest BCUT2D eigenvalue weighted by atomic mass is 16.5. The van der Waals surface area contributed by atoms with Crippen molar-refractivity contribution in [2.24, 2.45) is 0 Å². The number of aryl methyl sites for hydroxylation is 2. The van der Waals surface area contributed by atoms with Crippen molar-refractivity contribution < 1.29 is 13.5 Å². The van der Waals surface area contributed by atoms with Crippen molar-refractivity contribution in [3.63, 3.8) is 0 Å². The molecule has 0 bridgehead atoms. The van der Waals surface area contributed by atoms with Crippen LogP contribution in [0.25, 0.3) is 11.6 Å². The summed E-state index contributed by atoms with van der Waals surface area (Å²) in [5.41, 5.74) is 1.81. The van der Waals surface area contributed by atoms with Crippen LogP contribution in [0.15, 0.2) is 25.8 Å². The van der Waals surface area contributed by atoms with Gasteiger partial charge in [-0.1, -0.05) is 10.3 Å². The first kappa shape index (κ1) is 12.2. The molecule has 3 aromatic heterocycles. The van der Waals surface area contributed by atoms with Gasteiger partial charge < -0.3 is 13.5 Å². The Labute approximate surface area is 113 Å². The molecule has 0 unspecified atom stereocenters. The SMILES string of the molecule is Cc1ccoc1-c1noc(Cc2noc(C)c2C#N)n1. The molecule has 0 N–H and O–H groups in total. The number of hydrogen-bond donors (Lipinski definition) is 0. The lowest BCUT2D eigenvalue weighted by molar-refractivity contribution is 0.371. The summed E-state index contributed by atoms with van der Waals surface area (Å²) in [6.45, 7) is 3.57. The molecule has 0 atom stereocenters. The quantitative estimate of drug-likeness (QED) is 0.719. The van der Waals surface area contributed by atoms with Gasteiger partial charge in [0.15, 0.2) is 11.5 Å². The number of nitrogens with zero attached hydrogens (tertiary/aromatic N) is 4. The van der Waals surface area contributed by atoms with Crippen molar-refractivity contribution in [2.45, 2.75) is 20.3 Å². The van der Waals surface area contributed by atoms with Crippen LogP contribution < -0.4 is 0 Å². The van der Waals surface area contributed by atoms with E-state index in [2.05, 4.69) is 15.3 Å². The van der Waals surface area contributed by atoms with Crippen LogP contribution >= 0.6 is 0 Å². The van der Waals surface area contributed by atoms with Crippen molar-refractivity contribution in [3.05, 3.63) is 40.8 Å². The van der Waals surface area contributed by atoms with Crippen LogP contribution in [0, 0.1) is 25.2 Å². The Hall–Kier alpha value is -2.88. The summed E-state index contributed by atoms with van der Waals surface area (Å²) in [6.07, 6.45) is 1.81. The molecule has 7 heteroatoms. The van der Waals surface area contributed by atoms with E-state index < -0.39 is 0 Å². The van der Waals surface area contributed by atoms with Gasteiger partial charge in [0.2, 0.25) is 11.7 Å². The smallest absolute Gasteiger partial charge is 0.238 e. The van der Waals surface area contributed by atoms with E-state index in [1.54, 1.807) is 13.2 Å². The van der Waals surface area contributed by atoms with Gasteiger partial charge in [0.1, 0.15) is 17.3 Å². The molecule has 100 valence electrons. The summed E-state index contributed by atoms with van der Waals surface area (Å²) < 4.78 is 15.4. The lowest BCUT2D eigenvalue weighted by Crippen LogP contribution is -1.92. The fourth-order valence-electron chi connectivity index (χ4n) is 1.85. The largest absolute Gasteiger partial charge is 0.461 e. The standard InChI is InChI=1S/C13H10N4O3/c1-7-3-4-18-12(7)13-15-11(20-17-13)5-10-9(6-14)8(2)19-16-10/h3-4H,5H2,1-2H3. The van der Waals surface area contributed by atoms with E-state index in [0.29, 0.717) is 34.5 Å². The first-order valence-electron chi connectivity index (χ1n) is 5.91. The summed E-state index contributed by atoms with van der Waals surface area (Å²) >= 11 is 0. The molecule has 3 heterocycles. The maximum absolute atomic E-state index is 9.03. The second kappa shape index (κ2) is 4.66. The van der Waals surface area contributed by atoms with Gasteiger partial charge in [-0.25, -0.2) is 0 Å². The minimum atomic E-state index is 0.243. The van der Waals surface area contributed by atoms with Crippen LogP contribution in [0.2, 0.25) is 0 Å². The summed E-state index contributed by atoms with van der Waals surface area (Å²) in [6, 6.07) is 3.86. The average Bonchev–Trinajstić information content (AvgIpc) is 3.11. The van der Waals surface area contributed by atoms with Gasteiger partial charge in [-0.3, -0.25) is 0 Å². The van der Waals surface area contributed by atoms with Crippen LogP contribution in [0.5, 0.6) is 0 Å². The lowest BCUT2D eigenvalue weighted by Gasteiger charge is -1.89. The van der Waals surface area contributed by atoms with Crippen molar-refractivity contribution >= 4 is 0 Å². The minimum absolute atomic E-state index is 0.243. The molecule has 0 saturated carbocycles. The Balaban J connectivity index is 1.88. The Morgan fingerprint density at radius 3 is 2.80 bits per heavy atom. The van der Waals surface area contributed by atoms with Gasteiger partial charge in [0.05, 0.1) is 12.7 Å². The molecule has 20 heavy (non-hydrogen) atoms. The van der Waals surface area contributed by atoms with Gasteiger partial charge in [-0.2, -0.15) is 10.2 Å². The molecule has 0 spiro atoms. The molecular weight excluding hydrogens is 260 g/mol. The van der Waals surface area contributed by atoms with E-state index in [1.165, 1.54) is 0 Å². The van der Waals surface area contributed by atoms with Crippen LogP contribution in [-0.4, -0.2) is 15.3 Å². The van der Waals surface area contributed by atoms with Crippen LogP contribution in [0.3, 0.4) is 0 Å². The first-order valence-corrected chi connectivity index (χ1v) is 5.91. The van der Waals surface area contributed by atoms with Crippen LogP contribution in [0.4, 0.5) is 0 Å². The fraction of sp³-hybridized carbons (Fsp3) is 0.231. The summed E-state index contributed by atoms with van der Waals surface area (Å²) in [5, 5.41) is 16.7. The van der Waals surface area contributed by atoms with E-state index in [0.717, 1.165) is 5.56 Å². The molecule has 3 aromatic rings. The topological polar surface area (TPSA) is 102 Å². The number of nitriles is 1. The molecule has 0 aliphatic rings. The highest BCUT2D eigenvalue weighted by Crippen LogP contribution is 2.22. The fourth-order valence-corrected chi connectivity index (χ4v) is 1.85. The minimum Gasteiger partial charge on any atom is -0.461 e. The molecule has 0 radical (unpaired) electrons. The summed E-state index contributed by atoms with van der Waals surface area (Å²) in [5.74, 6) is 1.77. The molecule has 0 aliphatic carbocycles. The molecule has 0 aromatic carbocycles. The maximum Gasteiger partial charge on any atom is 0.238 e. The highest BCUT2D eigenvalue weighted by molar-refractivity contribution is 5.51. The average molecular weight is 270 g/mol. The van der Waals surface area contributed by atoms with Crippen molar-refractivity contribution in [1.82, 2.24) is 15.3 Å². The van der Waals surface area contributed by atoms with Gasteiger partial charge in [0.25, 0.3) is 0 Å². The molecule has 7 nitrogen and oxygen atoms in total. The lowest BCUT2D eigenvalue weighted by atomic mass is 10.2. The van der Waals surface area contributed by atoms with E-state index >= 15 is 0 Å². The van der Waals surface area contributed by atoms with Crippen molar-refractivity contribution in [2.75, 3.05) is 0 Å². The maximum atomic E-state index is 9.03. The molecule has 0 saturated heterocycles. The molecular formula is C13H10N4O3.